The Hall–Kier alpha value is -0.440. The van der Waals surface area contributed by atoms with Gasteiger partial charge >= 0.3 is 0 Å². The molecule has 0 amide bonds. The molecule has 0 aliphatic rings. The van der Waals surface area contributed by atoms with Gasteiger partial charge in [0.1, 0.15) is 5.75 Å². The molecule has 0 radical (unpaired) electrons. The van der Waals surface area contributed by atoms with Gasteiger partial charge in [0.25, 0.3) is 0 Å². The third-order valence-electron chi connectivity index (χ3n) is 2.51. The van der Waals surface area contributed by atoms with E-state index < -0.39 is 0 Å². The van der Waals surface area contributed by atoms with Gasteiger partial charge in [-0.15, -0.1) is 0 Å². The molecule has 1 unspecified atom stereocenters. The zero-order chi connectivity index (χ0) is 13.5. The highest BCUT2D eigenvalue weighted by molar-refractivity contribution is 6.34. The number of rotatable bonds is 7. The summed E-state index contributed by atoms with van der Waals surface area (Å²) in [6, 6.07) is 5.81. The van der Waals surface area contributed by atoms with E-state index in [0.29, 0.717) is 16.1 Å². The first kappa shape index (κ1) is 15.6. The summed E-state index contributed by atoms with van der Waals surface area (Å²) in [6.07, 6.45) is 2.26. The van der Waals surface area contributed by atoms with Crippen LogP contribution < -0.4 is 10.1 Å². The van der Waals surface area contributed by atoms with E-state index in [2.05, 4.69) is 26.1 Å². The van der Waals surface area contributed by atoms with Gasteiger partial charge in [-0.05, 0) is 44.5 Å². The lowest BCUT2D eigenvalue weighted by molar-refractivity contribution is 0.207. The van der Waals surface area contributed by atoms with Crippen molar-refractivity contribution >= 4 is 23.2 Å². The summed E-state index contributed by atoms with van der Waals surface area (Å²) in [7, 11) is 0. The summed E-state index contributed by atoms with van der Waals surface area (Å²) in [6.45, 7) is 7.37. The van der Waals surface area contributed by atoms with Crippen LogP contribution in [0, 0.1) is 0 Å². The minimum absolute atomic E-state index is 0.161. The summed E-state index contributed by atoms with van der Waals surface area (Å²) in [5.41, 5.74) is 0. The second kappa shape index (κ2) is 7.88. The van der Waals surface area contributed by atoms with Crippen LogP contribution in [0.4, 0.5) is 0 Å². The Bertz CT molecular complexity index is 349. The van der Waals surface area contributed by atoms with Crippen molar-refractivity contribution < 1.29 is 4.74 Å². The van der Waals surface area contributed by atoms with Crippen LogP contribution in [0.25, 0.3) is 0 Å². The Labute approximate surface area is 120 Å². The fourth-order valence-corrected chi connectivity index (χ4v) is 2.17. The first-order valence-corrected chi connectivity index (χ1v) is 7.09. The number of nitrogens with one attached hydrogen (secondary N) is 1. The first-order chi connectivity index (χ1) is 8.47. The fraction of sp³-hybridized carbons (Fsp3) is 0.571. The molecule has 1 atom stereocenters. The maximum absolute atomic E-state index is 5.92. The molecule has 1 N–H and O–H groups in total. The zero-order valence-corrected chi connectivity index (χ0v) is 12.7. The lowest BCUT2D eigenvalue weighted by Gasteiger charge is -2.16. The summed E-state index contributed by atoms with van der Waals surface area (Å²) in [5.74, 6) is 0.733. The smallest absolute Gasteiger partial charge is 0.122 e. The van der Waals surface area contributed by atoms with Crippen molar-refractivity contribution in [3.05, 3.63) is 28.2 Å². The van der Waals surface area contributed by atoms with Gasteiger partial charge in [0.2, 0.25) is 0 Å². The van der Waals surface area contributed by atoms with Gasteiger partial charge in [-0.2, -0.15) is 0 Å². The van der Waals surface area contributed by atoms with Crippen LogP contribution >= 0.6 is 23.2 Å². The van der Waals surface area contributed by atoms with E-state index in [-0.39, 0.29) is 6.10 Å². The predicted octanol–water partition coefficient (Wildman–Crippen LogP) is 4.54. The highest BCUT2D eigenvalue weighted by Gasteiger charge is 2.06. The Morgan fingerprint density at radius 1 is 1.11 bits per heavy atom. The minimum atomic E-state index is 0.161. The molecule has 0 saturated heterocycles. The van der Waals surface area contributed by atoms with Gasteiger partial charge in [0, 0.05) is 16.1 Å². The number of ether oxygens (including phenoxy) is 1. The number of hydrogen-bond donors (Lipinski definition) is 1. The molecule has 0 saturated carbocycles. The molecule has 2 nitrogen and oxygen atoms in total. The van der Waals surface area contributed by atoms with Crippen LogP contribution in [0.5, 0.6) is 5.75 Å². The van der Waals surface area contributed by atoms with Crippen LogP contribution in [-0.4, -0.2) is 18.7 Å². The molecule has 0 fully saturated rings. The van der Waals surface area contributed by atoms with Gasteiger partial charge in [0.15, 0.2) is 0 Å². The molecular formula is C14H21Cl2NO. The molecule has 0 spiro atoms. The van der Waals surface area contributed by atoms with Crippen LogP contribution in [0.3, 0.4) is 0 Å². The molecule has 1 aromatic carbocycles. The maximum atomic E-state index is 5.92. The first-order valence-electron chi connectivity index (χ1n) is 6.33. The van der Waals surface area contributed by atoms with Gasteiger partial charge in [-0.25, -0.2) is 0 Å². The van der Waals surface area contributed by atoms with Crippen molar-refractivity contribution in [2.75, 3.05) is 6.54 Å². The normalized spacial score (nSPS) is 12.8. The third kappa shape index (κ3) is 6.48. The number of halogens is 2. The fourth-order valence-electron chi connectivity index (χ4n) is 1.67. The Kier molecular flexibility index (Phi) is 6.83. The molecule has 0 heterocycles. The molecule has 1 aromatic rings. The van der Waals surface area contributed by atoms with E-state index in [1.54, 1.807) is 18.2 Å². The Balaban J connectivity index is 2.33. The van der Waals surface area contributed by atoms with E-state index in [0.717, 1.165) is 25.1 Å². The van der Waals surface area contributed by atoms with E-state index in [1.807, 2.05) is 0 Å². The molecule has 18 heavy (non-hydrogen) atoms. The zero-order valence-electron chi connectivity index (χ0n) is 11.2. The maximum Gasteiger partial charge on any atom is 0.122 e. The van der Waals surface area contributed by atoms with E-state index >= 15 is 0 Å². The van der Waals surface area contributed by atoms with Gasteiger partial charge in [-0.3, -0.25) is 0 Å². The van der Waals surface area contributed by atoms with Crippen molar-refractivity contribution in [3.63, 3.8) is 0 Å². The molecule has 0 bridgehead atoms. The quantitative estimate of drug-likeness (QED) is 0.744. The van der Waals surface area contributed by atoms with E-state index in [4.69, 9.17) is 27.9 Å². The average molecular weight is 290 g/mol. The summed E-state index contributed by atoms with van der Waals surface area (Å²) < 4.78 is 5.79. The van der Waals surface area contributed by atoms with Crippen LogP contribution in [0.15, 0.2) is 18.2 Å². The molecule has 0 aromatic heterocycles. The molecule has 0 aliphatic carbocycles. The standard InChI is InChI=1S/C14H21Cl2NO/c1-10(2)17-6-4-5-11(3)18-14-8-12(15)7-13(16)9-14/h7-11,17H,4-6H2,1-3H3. The molecule has 102 valence electrons. The SMILES string of the molecule is CC(C)NCCCC(C)Oc1cc(Cl)cc(Cl)c1. The number of benzene rings is 1. The second-order valence-electron chi connectivity index (χ2n) is 4.78. The highest BCUT2D eigenvalue weighted by atomic mass is 35.5. The summed E-state index contributed by atoms with van der Waals surface area (Å²) in [5, 5.41) is 4.59. The molecule has 4 heteroatoms. The van der Waals surface area contributed by atoms with Gasteiger partial charge < -0.3 is 10.1 Å². The molecule has 0 aliphatic heterocycles. The topological polar surface area (TPSA) is 21.3 Å². The number of hydrogen-bond acceptors (Lipinski definition) is 2. The van der Waals surface area contributed by atoms with E-state index in [1.165, 1.54) is 0 Å². The largest absolute Gasteiger partial charge is 0.491 e. The van der Waals surface area contributed by atoms with E-state index in [9.17, 15) is 0 Å². The van der Waals surface area contributed by atoms with Crippen molar-refractivity contribution in [1.29, 1.82) is 0 Å². The molecular weight excluding hydrogens is 269 g/mol. The average Bonchev–Trinajstić information content (AvgIpc) is 2.22. The van der Waals surface area contributed by atoms with Crippen molar-refractivity contribution in [3.8, 4) is 5.75 Å². The monoisotopic (exact) mass is 289 g/mol. The molecule has 1 rings (SSSR count). The van der Waals surface area contributed by atoms with Crippen molar-refractivity contribution in [2.45, 2.75) is 45.8 Å². The summed E-state index contributed by atoms with van der Waals surface area (Å²) in [4.78, 5) is 0. The summed E-state index contributed by atoms with van der Waals surface area (Å²) >= 11 is 11.8. The van der Waals surface area contributed by atoms with Gasteiger partial charge in [-0.1, -0.05) is 37.0 Å². The second-order valence-corrected chi connectivity index (χ2v) is 5.66. The van der Waals surface area contributed by atoms with Crippen molar-refractivity contribution in [2.24, 2.45) is 0 Å². The van der Waals surface area contributed by atoms with Crippen LogP contribution in [-0.2, 0) is 0 Å². The Morgan fingerprint density at radius 3 is 2.28 bits per heavy atom. The predicted molar refractivity (Wildman–Crippen MR) is 78.9 cm³/mol. The minimum Gasteiger partial charge on any atom is -0.491 e. The Morgan fingerprint density at radius 2 is 1.72 bits per heavy atom. The highest BCUT2D eigenvalue weighted by Crippen LogP contribution is 2.25. The van der Waals surface area contributed by atoms with Gasteiger partial charge in [0.05, 0.1) is 6.10 Å². The van der Waals surface area contributed by atoms with Crippen LogP contribution in [0.1, 0.15) is 33.6 Å². The van der Waals surface area contributed by atoms with Crippen molar-refractivity contribution in [1.82, 2.24) is 5.32 Å². The third-order valence-corrected chi connectivity index (χ3v) is 2.95. The van der Waals surface area contributed by atoms with Crippen LogP contribution in [0.2, 0.25) is 10.0 Å². The lowest BCUT2D eigenvalue weighted by atomic mass is 10.2. The lowest BCUT2D eigenvalue weighted by Crippen LogP contribution is -2.25.